The molecule has 4 N–H and O–H groups in total. The van der Waals surface area contributed by atoms with Gasteiger partial charge in [0.15, 0.2) is 0 Å². The number of nitrogens with zero attached hydrogens (tertiary/aromatic N) is 2. The molecule has 0 radical (unpaired) electrons. The number of nitrogens with one attached hydrogen (secondary N) is 4. The molecule has 8 nitrogen and oxygen atoms in total. The number of imidazole rings is 2. The van der Waals surface area contributed by atoms with E-state index >= 15 is 0 Å². The van der Waals surface area contributed by atoms with Crippen molar-refractivity contribution in [2.45, 2.75) is 13.8 Å². The highest BCUT2D eigenvalue weighted by atomic mass is 16.2. The molecule has 0 aliphatic rings. The molecule has 0 aliphatic heterocycles. The fraction of sp³-hybridized carbons (Fsp3) is 0.0500. The minimum Gasteiger partial charge on any atom is -0.338 e. The Morgan fingerprint density at radius 2 is 1.12 bits per heavy atom. The molecule has 0 unspecified atom stereocenters. The molecule has 0 atom stereocenters. The number of benzene rings is 5. The van der Waals surface area contributed by atoms with Crippen LogP contribution < -0.4 is 10.6 Å². The summed E-state index contributed by atoms with van der Waals surface area (Å²) in [6.45, 7) is 3.79. The molecule has 48 heavy (non-hydrogen) atoms. The van der Waals surface area contributed by atoms with Gasteiger partial charge in [-0.15, -0.1) is 0 Å². The lowest BCUT2D eigenvalue weighted by Crippen LogP contribution is -2.21. The number of carbonyl (C=O) groups is 2. The second-order valence-electron chi connectivity index (χ2n) is 11.4. The third-order valence-corrected chi connectivity index (χ3v) is 8.02. The monoisotopic (exact) mass is 628 g/mol. The highest BCUT2D eigenvalue weighted by Crippen LogP contribution is 2.29. The molecule has 5 aromatic carbocycles. The fourth-order valence-corrected chi connectivity index (χ4v) is 5.47. The summed E-state index contributed by atoms with van der Waals surface area (Å²) in [5.74, 6) is 1.15. The number of para-hydroxylation sites is 1. The van der Waals surface area contributed by atoms with Crippen LogP contribution in [-0.2, 0) is 0 Å². The highest BCUT2D eigenvalue weighted by molar-refractivity contribution is 6.04. The summed E-state index contributed by atoms with van der Waals surface area (Å²) < 4.78 is 0. The summed E-state index contributed by atoms with van der Waals surface area (Å²) in [5.41, 5.74) is 10.1. The van der Waals surface area contributed by atoms with Gasteiger partial charge in [-0.3, -0.25) is 9.59 Å². The number of hydrogen-bond donors (Lipinski definition) is 4. The lowest BCUT2D eigenvalue weighted by atomic mass is 10.0. The Morgan fingerprint density at radius 3 is 1.65 bits per heavy atom. The molecule has 0 spiro atoms. The first kappa shape index (κ1) is 30.1. The van der Waals surface area contributed by atoms with Gasteiger partial charge in [0.25, 0.3) is 11.8 Å². The van der Waals surface area contributed by atoms with Crippen LogP contribution >= 0.6 is 0 Å². The van der Waals surface area contributed by atoms with Gasteiger partial charge in [-0.25, -0.2) is 9.97 Å². The lowest BCUT2D eigenvalue weighted by Gasteiger charge is -2.05. The molecule has 2 aromatic heterocycles. The minimum atomic E-state index is -0.162. The maximum Gasteiger partial charge on any atom is 0.255 e. The van der Waals surface area contributed by atoms with Crippen LogP contribution in [0.2, 0.25) is 0 Å². The predicted octanol–water partition coefficient (Wildman–Crippen LogP) is 8.90. The molecule has 7 rings (SSSR count). The van der Waals surface area contributed by atoms with Crippen LogP contribution in [0.4, 0.5) is 5.69 Å². The molecule has 0 aliphatic carbocycles. The molecule has 8 heteroatoms. The predicted molar refractivity (Wildman–Crippen MR) is 192 cm³/mol. The van der Waals surface area contributed by atoms with E-state index in [-0.39, 0.29) is 11.8 Å². The number of amides is 2. The summed E-state index contributed by atoms with van der Waals surface area (Å²) >= 11 is 0. The SMILES string of the molecule is CC=C/C=C(\C)NC(=O)c1ccc(-c2nc3ccc(-c4ccc5nc(-c6ccc(C(=O)Nc7ccccc7)cc6)[nH]c5c4)cc3[nH]2)cc1. The summed E-state index contributed by atoms with van der Waals surface area (Å²) in [4.78, 5) is 41.7. The normalized spacial score (nSPS) is 11.8. The quantitative estimate of drug-likeness (QED) is 0.126. The molecular formula is C40H32N6O2. The molecule has 0 saturated heterocycles. The van der Waals surface area contributed by atoms with Crippen molar-refractivity contribution >= 4 is 39.6 Å². The molecule has 2 heterocycles. The first-order valence-electron chi connectivity index (χ1n) is 15.6. The van der Waals surface area contributed by atoms with Crippen molar-refractivity contribution < 1.29 is 9.59 Å². The number of fused-ring (bicyclic) bond motifs is 2. The van der Waals surface area contributed by atoms with Crippen LogP contribution in [0.1, 0.15) is 34.6 Å². The van der Waals surface area contributed by atoms with E-state index in [0.29, 0.717) is 11.1 Å². The Morgan fingerprint density at radius 1 is 0.625 bits per heavy atom. The zero-order chi connectivity index (χ0) is 33.0. The van der Waals surface area contributed by atoms with Crippen molar-refractivity contribution in [3.8, 4) is 33.9 Å². The number of aromatic nitrogens is 4. The number of rotatable bonds is 8. The topological polar surface area (TPSA) is 116 Å². The van der Waals surface area contributed by atoms with E-state index in [0.717, 1.165) is 67.4 Å². The average molecular weight is 629 g/mol. The molecule has 0 fully saturated rings. The fourth-order valence-electron chi connectivity index (χ4n) is 5.47. The number of hydrogen-bond acceptors (Lipinski definition) is 4. The van der Waals surface area contributed by atoms with Crippen LogP contribution in [0.15, 0.2) is 139 Å². The smallest absolute Gasteiger partial charge is 0.255 e. The Kier molecular flexibility index (Phi) is 8.20. The van der Waals surface area contributed by atoms with Crippen LogP contribution in [0.5, 0.6) is 0 Å². The van der Waals surface area contributed by atoms with E-state index in [4.69, 9.17) is 9.97 Å². The highest BCUT2D eigenvalue weighted by Gasteiger charge is 2.12. The van der Waals surface area contributed by atoms with Crippen molar-refractivity contribution in [3.05, 3.63) is 150 Å². The Balaban J connectivity index is 1.07. The van der Waals surface area contributed by atoms with E-state index in [9.17, 15) is 9.59 Å². The summed E-state index contributed by atoms with van der Waals surface area (Å²) in [5, 5.41) is 5.81. The second kappa shape index (κ2) is 13.1. The van der Waals surface area contributed by atoms with Gasteiger partial charge in [0, 0.05) is 33.6 Å². The lowest BCUT2D eigenvalue weighted by molar-refractivity contribution is 0.0965. The van der Waals surface area contributed by atoms with Gasteiger partial charge in [0.2, 0.25) is 0 Å². The maximum atomic E-state index is 12.7. The maximum absolute atomic E-state index is 12.7. The number of H-pyrrole nitrogens is 2. The van der Waals surface area contributed by atoms with E-state index in [1.54, 1.807) is 24.3 Å². The van der Waals surface area contributed by atoms with Crippen LogP contribution in [0.3, 0.4) is 0 Å². The van der Waals surface area contributed by atoms with E-state index < -0.39 is 0 Å². The van der Waals surface area contributed by atoms with Gasteiger partial charge >= 0.3 is 0 Å². The summed E-state index contributed by atoms with van der Waals surface area (Å²) in [6, 6.07) is 36.5. The van der Waals surface area contributed by atoms with Crippen molar-refractivity contribution in [1.82, 2.24) is 25.3 Å². The van der Waals surface area contributed by atoms with E-state index in [2.05, 4.69) is 44.9 Å². The Hall–Kier alpha value is -6.54. The van der Waals surface area contributed by atoms with E-state index in [1.165, 1.54) is 0 Å². The summed E-state index contributed by atoms with van der Waals surface area (Å²) in [7, 11) is 0. The van der Waals surface area contributed by atoms with Crippen molar-refractivity contribution in [1.29, 1.82) is 0 Å². The first-order valence-corrected chi connectivity index (χ1v) is 15.6. The van der Waals surface area contributed by atoms with Crippen molar-refractivity contribution in [2.75, 3.05) is 5.32 Å². The second-order valence-corrected chi connectivity index (χ2v) is 11.4. The average Bonchev–Trinajstić information content (AvgIpc) is 3.75. The molecule has 7 aromatic rings. The number of allylic oxidation sites excluding steroid dienone is 4. The van der Waals surface area contributed by atoms with Gasteiger partial charge in [-0.05, 0) is 91.7 Å². The molecule has 0 bridgehead atoms. The summed E-state index contributed by atoms with van der Waals surface area (Å²) in [6.07, 6.45) is 5.65. The van der Waals surface area contributed by atoms with Crippen LogP contribution in [0.25, 0.3) is 56.0 Å². The zero-order valence-corrected chi connectivity index (χ0v) is 26.4. The van der Waals surface area contributed by atoms with Crippen LogP contribution in [-0.4, -0.2) is 31.8 Å². The van der Waals surface area contributed by atoms with Crippen molar-refractivity contribution in [3.63, 3.8) is 0 Å². The number of aromatic amines is 2. The minimum absolute atomic E-state index is 0.156. The van der Waals surface area contributed by atoms with Gasteiger partial charge in [0.05, 0.1) is 22.1 Å². The number of carbonyl (C=O) groups excluding carboxylic acids is 2. The van der Waals surface area contributed by atoms with Gasteiger partial charge < -0.3 is 20.6 Å². The molecule has 2 amide bonds. The largest absolute Gasteiger partial charge is 0.338 e. The van der Waals surface area contributed by atoms with Gasteiger partial charge in [-0.1, -0.05) is 66.7 Å². The van der Waals surface area contributed by atoms with Gasteiger partial charge in [0.1, 0.15) is 11.6 Å². The van der Waals surface area contributed by atoms with Crippen LogP contribution in [0, 0.1) is 0 Å². The van der Waals surface area contributed by atoms with Gasteiger partial charge in [-0.2, -0.15) is 0 Å². The Labute approximate surface area is 277 Å². The molecule has 0 saturated carbocycles. The zero-order valence-electron chi connectivity index (χ0n) is 26.4. The number of anilines is 1. The Bertz CT molecular complexity index is 2330. The molecule has 234 valence electrons. The third kappa shape index (κ3) is 6.41. The first-order chi connectivity index (χ1) is 23.4. The van der Waals surface area contributed by atoms with Crippen molar-refractivity contribution in [2.24, 2.45) is 0 Å². The molecular weight excluding hydrogens is 596 g/mol. The van der Waals surface area contributed by atoms with E-state index in [1.807, 2.05) is 98.8 Å². The standard InChI is InChI=1S/C40H32N6O2/c1-3-4-8-25(2)41-39(47)28-15-11-26(12-16-28)37-43-33-21-19-30(23-35(33)45-37)31-20-22-34-36(24-31)46-38(44-34)27-13-17-29(18-14-27)40(48)42-32-9-6-5-7-10-32/h3-24H,1-2H3,(H,41,47)(H,42,48)(H,43,45)(H,44,46)/b4-3?,25-8+. The third-order valence-electron chi connectivity index (χ3n) is 8.02.